The van der Waals surface area contributed by atoms with E-state index in [0.717, 1.165) is 36.2 Å². The molecule has 0 saturated carbocycles. The molecule has 0 N–H and O–H groups in total. The molecule has 3 rings (SSSR count). The normalized spacial score (nSPS) is 18.6. The SMILES string of the molecule is Cc1cc(C)nc(C[C@@H]2CN(C(=O)OC(C)(C)C)C[C@@H]2OCCC/C=C/c2cccc(F)c2)c1. The van der Waals surface area contributed by atoms with Crippen molar-refractivity contribution < 1.29 is 18.7 Å². The van der Waals surface area contributed by atoms with Crippen LogP contribution in [0.15, 0.2) is 42.5 Å². The van der Waals surface area contributed by atoms with Gasteiger partial charge in [-0.05, 0) is 89.3 Å². The van der Waals surface area contributed by atoms with Crippen LogP contribution in [-0.2, 0) is 15.9 Å². The quantitative estimate of drug-likeness (QED) is 0.438. The number of aryl methyl sites for hydroxylation is 2. The zero-order valence-corrected chi connectivity index (χ0v) is 21.0. The largest absolute Gasteiger partial charge is 0.444 e. The third-order valence-electron chi connectivity index (χ3n) is 5.66. The maximum absolute atomic E-state index is 13.3. The lowest BCUT2D eigenvalue weighted by molar-refractivity contribution is 0.0175. The van der Waals surface area contributed by atoms with E-state index in [2.05, 4.69) is 19.1 Å². The van der Waals surface area contributed by atoms with Crippen molar-refractivity contribution in [2.75, 3.05) is 19.7 Å². The number of halogens is 1. The van der Waals surface area contributed by atoms with Crippen molar-refractivity contribution in [3.8, 4) is 0 Å². The molecular formula is C28H37FN2O3. The number of hydrogen-bond donors (Lipinski definition) is 0. The summed E-state index contributed by atoms with van der Waals surface area (Å²) in [6.45, 7) is 11.4. The van der Waals surface area contributed by atoms with E-state index < -0.39 is 5.60 Å². The standard InChI is InChI=1S/C28H37FN2O3/c1-20-14-21(2)30-25(15-20)17-23-18-31(27(32)34-28(3,4)5)19-26(23)33-13-8-6-7-10-22-11-9-12-24(29)16-22/h7,9-12,14-16,23,26H,6,8,13,17-19H2,1-5H3/b10-7+/t23-,26+/m1/s1. The second kappa shape index (κ2) is 11.6. The molecule has 1 fully saturated rings. The van der Waals surface area contributed by atoms with Gasteiger partial charge in [-0.1, -0.05) is 24.3 Å². The van der Waals surface area contributed by atoms with Crippen LogP contribution < -0.4 is 0 Å². The molecule has 0 bridgehead atoms. The molecule has 2 aromatic rings. The molecule has 0 unspecified atom stereocenters. The number of carbonyl (C=O) groups excluding carboxylic acids is 1. The molecule has 0 radical (unpaired) electrons. The monoisotopic (exact) mass is 468 g/mol. The number of ether oxygens (including phenoxy) is 2. The number of carbonyl (C=O) groups is 1. The number of aromatic nitrogens is 1. The van der Waals surface area contributed by atoms with Crippen LogP contribution in [0.4, 0.5) is 9.18 Å². The van der Waals surface area contributed by atoms with E-state index in [1.54, 1.807) is 11.0 Å². The first kappa shape index (κ1) is 25.9. The van der Waals surface area contributed by atoms with Gasteiger partial charge in [0.05, 0.1) is 12.6 Å². The highest BCUT2D eigenvalue weighted by Crippen LogP contribution is 2.26. The average Bonchev–Trinajstić information content (AvgIpc) is 3.11. The summed E-state index contributed by atoms with van der Waals surface area (Å²) in [5.41, 5.74) is 3.53. The van der Waals surface area contributed by atoms with Gasteiger partial charge in [-0.15, -0.1) is 0 Å². The number of benzene rings is 1. The first-order valence-corrected chi connectivity index (χ1v) is 12.0. The van der Waals surface area contributed by atoms with Crippen molar-refractivity contribution in [2.45, 2.75) is 65.6 Å². The smallest absolute Gasteiger partial charge is 0.410 e. The zero-order valence-electron chi connectivity index (χ0n) is 21.0. The molecule has 34 heavy (non-hydrogen) atoms. The van der Waals surface area contributed by atoms with E-state index >= 15 is 0 Å². The lowest BCUT2D eigenvalue weighted by Gasteiger charge is -2.24. The number of nitrogens with zero attached hydrogens (tertiary/aromatic N) is 2. The lowest BCUT2D eigenvalue weighted by Crippen LogP contribution is -2.36. The van der Waals surface area contributed by atoms with Crippen LogP contribution in [0.3, 0.4) is 0 Å². The highest BCUT2D eigenvalue weighted by Gasteiger charge is 2.38. The van der Waals surface area contributed by atoms with Crippen LogP contribution in [0.2, 0.25) is 0 Å². The van der Waals surface area contributed by atoms with Crippen LogP contribution in [0.25, 0.3) is 6.08 Å². The predicted octanol–water partition coefficient (Wildman–Crippen LogP) is 6.13. The third kappa shape index (κ3) is 8.24. The Balaban J connectivity index is 1.57. The van der Waals surface area contributed by atoms with Gasteiger partial charge in [-0.3, -0.25) is 4.98 Å². The molecule has 2 atom stereocenters. The molecule has 1 aliphatic heterocycles. The van der Waals surface area contributed by atoms with Crippen LogP contribution in [-0.4, -0.2) is 47.4 Å². The fraction of sp³-hybridized carbons (Fsp3) is 0.500. The number of hydrogen-bond acceptors (Lipinski definition) is 4. The maximum atomic E-state index is 13.3. The summed E-state index contributed by atoms with van der Waals surface area (Å²) in [6, 6.07) is 10.7. The lowest BCUT2D eigenvalue weighted by atomic mass is 9.98. The highest BCUT2D eigenvalue weighted by atomic mass is 19.1. The van der Waals surface area contributed by atoms with E-state index in [9.17, 15) is 9.18 Å². The summed E-state index contributed by atoms with van der Waals surface area (Å²) in [6.07, 6.45) is 6.04. The van der Waals surface area contributed by atoms with Crippen molar-refractivity contribution in [1.29, 1.82) is 0 Å². The van der Waals surface area contributed by atoms with E-state index in [0.29, 0.717) is 19.7 Å². The molecule has 1 aromatic heterocycles. The fourth-order valence-corrected chi connectivity index (χ4v) is 4.27. The van der Waals surface area contributed by atoms with Gasteiger partial charge in [0.15, 0.2) is 0 Å². The van der Waals surface area contributed by atoms with Gasteiger partial charge in [0.25, 0.3) is 0 Å². The second-order valence-electron chi connectivity index (χ2n) is 10.1. The fourth-order valence-electron chi connectivity index (χ4n) is 4.27. The number of amides is 1. The van der Waals surface area contributed by atoms with E-state index in [-0.39, 0.29) is 23.9 Å². The number of allylic oxidation sites excluding steroid dienone is 1. The molecule has 5 nitrogen and oxygen atoms in total. The van der Waals surface area contributed by atoms with Gasteiger partial charge in [-0.25, -0.2) is 9.18 Å². The van der Waals surface area contributed by atoms with E-state index in [1.165, 1.54) is 17.7 Å². The number of likely N-dealkylation sites (tertiary alicyclic amines) is 1. The number of rotatable bonds is 8. The molecule has 1 saturated heterocycles. The Hall–Kier alpha value is -2.73. The Labute approximate surface area is 203 Å². The topological polar surface area (TPSA) is 51.7 Å². The van der Waals surface area contributed by atoms with Crippen LogP contribution in [0.1, 0.15) is 56.1 Å². The minimum absolute atomic E-state index is 0.0673. The molecule has 1 aromatic carbocycles. The van der Waals surface area contributed by atoms with Crippen molar-refractivity contribution in [2.24, 2.45) is 5.92 Å². The van der Waals surface area contributed by atoms with Crippen molar-refractivity contribution in [3.05, 3.63) is 70.8 Å². The summed E-state index contributed by atoms with van der Waals surface area (Å²) in [4.78, 5) is 19.1. The van der Waals surface area contributed by atoms with Crippen LogP contribution in [0, 0.1) is 25.6 Å². The summed E-state index contributed by atoms with van der Waals surface area (Å²) in [7, 11) is 0. The predicted molar refractivity (Wildman–Crippen MR) is 133 cm³/mol. The number of unbranched alkanes of at least 4 members (excludes halogenated alkanes) is 1. The Kier molecular flexibility index (Phi) is 8.84. The van der Waals surface area contributed by atoms with Gasteiger partial charge < -0.3 is 14.4 Å². The van der Waals surface area contributed by atoms with Crippen molar-refractivity contribution in [1.82, 2.24) is 9.88 Å². The molecule has 1 amide bonds. The molecule has 0 aliphatic carbocycles. The summed E-state index contributed by atoms with van der Waals surface area (Å²) in [5.74, 6) is -0.0744. The van der Waals surface area contributed by atoms with Crippen molar-refractivity contribution in [3.63, 3.8) is 0 Å². The van der Waals surface area contributed by atoms with Gasteiger partial charge in [0.1, 0.15) is 11.4 Å². The Bertz CT molecular complexity index is 979. The third-order valence-corrected chi connectivity index (χ3v) is 5.66. The molecule has 6 heteroatoms. The van der Waals surface area contributed by atoms with Gasteiger partial charge in [-0.2, -0.15) is 0 Å². The minimum atomic E-state index is -0.533. The van der Waals surface area contributed by atoms with E-state index in [4.69, 9.17) is 14.5 Å². The zero-order chi connectivity index (χ0) is 24.7. The molecule has 1 aliphatic rings. The van der Waals surface area contributed by atoms with Crippen LogP contribution >= 0.6 is 0 Å². The summed E-state index contributed by atoms with van der Waals surface area (Å²) in [5, 5.41) is 0. The maximum Gasteiger partial charge on any atom is 0.410 e. The van der Waals surface area contributed by atoms with Gasteiger partial charge in [0.2, 0.25) is 0 Å². The Morgan fingerprint density at radius 3 is 2.71 bits per heavy atom. The summed E-state index contributed by atoms with van der Waals surface area (Å²) < 4.78 is 25.1. The second-order valence-corrected chi connectivity index (χ2v) is 10.1. The van der Waals surface area contributed by atoms with Gasteiger partial charge >= 0.3 is 6.09 Å². The summed E-state index contributed by atoms with van der Waals surface area (Å²) >= 11 is 0. The Morgan fingerprint density at radius 2 is 2.00 bits per heavy atom. The first-order chi connectivity index (χ1) is 16.1. The minimum Gasteiger partial charge on any atom is -0.444 e. The molecule has 184 valence electrons. The van der Waals surface area contributed by atoms with Gasteiger partial charge in [0, 0.05) is 30.5 Å². The Morgan fingerprint density at radius 1 is 1.21 bits per heavy atom. The first-order valence-electron chi connectivity index (χ1n) is 12.0. The van der Waals surface area contributed by atoms with Crippen molar-refractivity contribution >= 4 is 12.2 Å². The molecule has 0 spiro atoms. The molecule has 2 heterocycles. The average molecular weight is 469 g/mol. The highest BCUT2D eigenvalue weighted by molar-refractivity contribution is 5.68. The number of pyridine rings is 1. The van der Waals surface area contributed by atoms with E-state index in [1.807, 2.05) is 45.9 Å². The molecular weight excluding hydrogens is 431 g/mol. The van der Waals surface area contributed by atoms with Crippen LogP contribution in [0.5, 0.6) is 0 Å².